The van der Waals surface area contributed by atoms with Crippen LogP contribution in [0.2, 0.25) is 0 Å². The van der Waals surface area contributed by atoms with Crippen LogP contribution in [0.1, 0.15) is 32.8 Å². The molecular weight excluding hydrogens is 214 g/mol. The van der Waals surface area contributed by atoms with E-state index in [1.807, 2.05) is 39.0 Å². The number of nitrogens with zero attached hydrogens (tertiary/aromatic N) is 1. The molecule has 3 nitrogen and oxygen atoms in total. The van der Waals surface area contributed by atoms with Crippen molar-refractivity contribution >= 4 is 11.8 Å². The van der Waals surface area contributed by atoms with E-state index in [0.717, 1.165) is 25.1 Å². The maximum absolute atomic E-state index is 12.1. The second-order valence-corrected chi connectivity index (χ2v) is 5.29. The SMILES string of the molecule is CC(C)(C)OC(=O)N1CCCc2cc[c]cc21. The van der Waals surface area contributed by atoms with Gasteiger partial charge in [-0.3, -0.25) is 4.90 Å². The summed E-state index contributed by atoms with van der Waals surface area (Å²) in [5.74, 6) is 0. The van der Waals surface area contributed by atoms with E-state index in [2.05, 4.69) is 6.07 Å². The van der Waals surface area contributed by atoms with Crippen molar-refractivity contribution in [1.82, 2.24) is 0 Å². The molecule has 1 radical (unpaired) electrons. The summed E-state index contributed by atoms with van der Waals surface area (Å²) < 4.78 is 5.41. The van der Waals surface area contributed by atoms with Gasteiger partial charge in [0.15, 0.2) is 0 Å². The van der Waals surface area contributed by atoms with Crippen LogP contribution < -0.4 is 4.90 Å². The molecule has 0 saturated heterocycles. The van der Waals surface area contributed by atoms with Gasteiger partial charge in [-0.1, -0.05) is 12.1 Å². The third kappa shape index (κ3) is 2.78. The van der Waals surface area contributed by atoms with E-state index in [1.54, 1.807) is 4.90 Å². The summed E-state index contributed by atoms with van der Waals surface area (Å²) in [7, 11) is 0. The Morgan fingerprint density at radius 1 is 1.47 bits per heavy atom. The van der Waals surface area contributed by atoms with Gasteiger partial charge in [0.1, 0.15) is 5.60 Å². The Morgan fingerprint density at radius 2 is 2.24 bits per heavy atom. The first-order valence-corrected chi connectivity index (χ1v) is 5.97. The minimum absolute atomic E-state index is 0.266. The van der Waals surface area contributed by atoms with Crippen molar-refractivity contribution in [3.8, 4) is 0 Å². The molecule has 2 rings (SSSR count). The molecule has 0 aromatic heterocycles. The highest BCUT2D eigenvalue weighted by Crippen LogP contribution is 2.27. The van der Waals surface area contributed by atoms with Gasteiger partial charge in [-0.05, 0) is 51.3 Å². The van der Waals surface area contributed by atoms with Gasteiger partial charge in [-0.2, -0.15) is 0 Å². The zero-order valence-corrected chi connectivity index (χ0v) is 10.6. The van der Waals surface area contributed by atoms with Gasteiger partial charge >= 0.3 is 6.09 Å². The van der Waals surface area contributed by atoms with Crippen LogP contribution in [0.15, 0.2) is 18.2 Å². The molecule has 91 valence electrons. The number of carbonyl (C=O) groups excluding carboxylic acids is 1. The fourth-order valence-corrected chi connectivity index (χ4v) is 1.97. The first-order valence-electron chi connectivity index (χ1n) is 5.97. The van der Waals surface area contributed by atoms with Crippen molar-refractivity contribution < 1.29 is 9.53 Å². The fraction of sp³-hybridized carbons (Fsp3) is 0.500. The molecule has 1 aliphatic rings. The van der Waals surface area contributed by atoms with E-state index in [-0.39, 0.29) is 6.09 Å². The Hall–Kier alpha value is -1.51. The average molecular weight is 232 g/mol. The van der Waals surface area contributed by atoms with E-state index in [4.69, 9.17) is 4.74 Å². The van der Waals surface area contributed by atoms with E-state index in [1.165, 1.54) is 5.56 Å². The van der Waals surface area contributed by atoms with Gasteiger partial charge < -0.3 is 4.74 Å². The van der Waals surface area contributed by atoms with Gasteiger partial charge in [0.05, 0.1) is 5.69 Å². The number of rotatable bonds is 0. The third-order valence-electron chi connectivity index (χ3n) is 2.66. The molecule has 1 amide bonds. The molecule has 0 atom stereocenters. The monoisotopic (exact) mass is 232 g/mol. The predicted octanol–water partition coefficient (Wildman–Crippen LogP) is 3.17. The molecule has 0 spiro atoms. The smallest absolute Gasteiger partial charge is 0.414 e. The zero-order chi connectivity index (χ0) is 12.5. The van der Waals surface area contributed by atoms with Crippen molar-refractivity contribution in [1.29, 1.82) is 0 Å². The first kappa shape index (κ1) is 12.0. The average Bonchev–Trinajstić information content (AvgIpc) is 2.26. The number of hydrogen-bond donors (Lipinski definition) is 0. The molecule has 1 heterocycles. The zero-order valence-electron chi connectivity index (χ0n) is 10.6. The van der Waals surface area contributed by atoms with Crippen LogP contribution in [0.5, 0.6) is 0 Å². The van der Waals surface area contributed by atoms with Crippen molar-refractivity contribution in [3.63, 3.8) is 0 Å². The molecule has 17 heavy (non-hydrogen) atoms. The molecule has 0 fully saturated rings. The minimum Gasteiger partial charge on any atom is -0.443 e. The van der Waals surface area contributed by atoms with Crippen LogP contribution in [0, 0.1) is 6.07 Å². The van der Waals surface area contributed by atoms with Crippen LogP contribution >= 0.6 is 0 Å². The standard InChI is InChI=1S/C14H18NO2/c1-14(2,3)17-13(16)15-10-6-8-11-7-4-5-9-12(11)15/h4,7,9H,6,8,10H2,1-3H3. The fourth-order valence-electron chi connectivity index (χ4n) is 1.97. The van der Waals surface area contributed by atoms with Crippen molar-refractivity contribution in [2.24, 2.45) is 0 Å². The summed E-state index contributed by atoms with van der Waals surface area (Å²) in [6, 6.07) is 8.78. The van der Waals surface area contributed by atoms with Crippen LogP contribution in [-0.4, -0.2) is 18.2 Å². The summed E-state index contributed by atoms with van der Waals surface area (Å²) in [6.45, 7) is 6.37. The highest BCUT2D eigenvalue weighted by Gasteiger charge is 2.26. The van der Waals surface area contributed by atoms with Gasteiger partial charge in [0, 0.05) is 6.54 Å². The van der Waals surface area contributed by atoms with Crippen molar-refractivity contribution in [2.45, 2.75) is 39.2 Å². The van der Waals surface area contributed by atoms with Crippen LogP contribution in [-0.2, 0) is 11.2 Å². The summed E-state index contributed by atoms with van der Waals surface area (Å²) in [5.41, 5.74) is 1.68. The van der Waals surface area contributed by atoms with E-state index in [9.17, 15) is 4.79 Å². The lowest BCUT2D eigenvalue weighted by Crippen LogP contribution is -2.39. The van der Waals surface area contributed by atoms with Gasteiger partial charge in [-0.25, -0.2) is 4.79 Å². The maximum Gasteiger partial charge on any atom is 0.414 e. The first-order chi connectivity index (χ1) is 7.97. The van der Waals surface area contributed by atoms with Gasteiger partial charge in [0.2, 0.25) is 0 Å². The lowest BCUT2D eigenvalue weighted by Gasteiger charge is -2.31. The second kappa shape index (κ2) is 4.40. The summed E-state index contributed by atoms with van der Waals surface area (Å²) in [6.07, 6.45) is 1.73. The van der Waals surface area contributed by atoms with E-state index >= 15 is 0 Å². The predicted molar refractivity (Wildman–Crippen MR) is 67.2 cm³/mol. The molecule has 0 unspecified atom stereocenters. The van der Waals surface area contributed by atoms with Crippen molar-refractivity contribution in [2.75, 3.05) is 11.4 Å². The second-order valence-electron chi connectivity index (χ2n) is 5.29. The van der Waals surface area contributed by atoms with Gasteiger partial charge in [-0.15, -0.1) is 0 Å². The molecule has 0 bridgehead atoms. The maximum atomic E-state index is 12.1. The Balaban J connectivity index is 2.21. The Kier molecular flexibility index (Phi) is 3.09. The lowest BCUT2D eigenvalue weighted by molar-refractivity contribution is 0.0578. The Bertz CT molecular complexity index is 420. The summed E-state index contributed by atoms with van der Waals surface area (Å²) in [4.78, 5) is 13.8. The van der Waals surface area contributed by atoms with Crippen LogP contribution in [0.25, 0.3) is 0 Å². The quantitative estimate of drug-likeness (QED) is 0.687. The topological polar surface area (TPSA) is 29.5 Å². The van der Waals surface area contributed by atoms with Crippen LogP contribution in [0.3, 0.4) is 0 Å². The molecule has 3 heteroatoms. The number of hydrogen-bond acceptors (Lipinski definition) is 2. The Labute approximate surface area is 102 Å². The lowest BCUT2D eigenvalue weighted by atomic mass is 10.0. The highest BCUT2D eigenvalue weighted by molar-refractivity contribution is 5.89. The number of anilines is 1. The molecule has 0 aliphatic carbocycles. The van der Waals surface area contributed by atoms with Crippen LogP contribution in [0.4, 0.5) is 10.5 Å². The molecule has 1 aromatic rings. The Morgan fingerprint density at radius 3 is 2.94 bits per heavy atom. The highest BCUT2D eigenvalue weighted by atomic mass is 16.6. The molecular formula is C14H18NO2. The number of benzene rings is 1. The normalized spacial score (nSPS) is 15.4. The minimum atomic E-state index is -0.451. The number of aryl methyl sites for hydroxylation is 1. The third-order valence-corrected chi connectivity index (χ3v) is 2.66. The van der Waals surface area contributed by atoms with E-state index < -0.39 is 5.60 Å². The summed E-state index contributed by atoms with van der Waals surface area (Å²) >= 11 is 0. The largest absolute Gasteiger partial charge is 0.443 e. The van der Waals surface area contributed by atoms with Crippen molar-refractivity contribution in [3.05, 3.63) is 29.8 Å². The summed E-state index contributed by atoms with van der Waals surface area (Å²) in [5, 5.41) is 0. The molecule has 0 N–H and O–H groups in total. The molecule has 1 aliphatic heterocycles. The molecule has 1 aromatic carbocycles. The van der Waals surface area contributed by atoms with Gasteiger partial charge in [0.25, 0.3) is 0 Å². The number of fused-ring (bicyclic) bond motifs is 1. The number of ether oxygens (including phenoxy) is 1. The van der Waals surface area contributed by atoms with E-state index in [0.29, 0.717) is 0 Å². The number of amides is 1. The molecule has 0 saturated carbocycles. The number of carbonyl (C=O) groups is 1.